The summed E-state index contributed by atoms with van der Waals surface area (Å²) in [6.45, 7) is 7.80. The largest absolute Gasteiger partial charge is 0.346 e. The first-order valence-corrected chi connectivity index (χ1v) is 10.8. The van der Waals surface area contributed by atoms with Gasteiger partial charge >= 0.3 is 0 Å². The second-order valence-corrected chi connectivity index (χ2v) is 10.6. The number of hydrogen-bond donors (Lipinski definition) is 2. The van der Waals surface area contributed by atoms with Gasteiger partial charge < -0.3 is 10.6 Å². The van der Waals surface area contributed by atoms with Crippen LogP contribution in [0.3, 0.4) is 0 Å². The lowest BCUT2D eigenvalue weighted by atomic mass is 9.61. The predicted octanol–water partition coefficient (Wildman–Crippen LogP) is 4.46. The monoisotopic (exact) mass is 368 g/mol. The quantitative estimate of drug-likeness (QED) is 0.769. The van der Waals surface area contributed by atoms with Gasteiger partial charge in [0.2, 0.25) is 0 Å². The molecule has 4 heteroatoms. The minimum Gasteiger partial charge on any atom is -0.346 e. The van der Waals surface area contributed by atoms with Crippen LogP contribution in [0.25, 0.3) is 10.1 Å². The molecule has 2 atom stereocenters. The van der Waals surface area contributed by atoms with Crippen LogP contribution < -0.4 is 10.6 Å². The van der Waals surface area contributed by atoms with Crippen LogP contribution in [0.15, 0.2) is 24.3 Å². The molecule has 1 aliphatic heterocycles. The molecular weight excluding hydrogens is 340 g/mol. The zero-order valence-corrected chi connectivity index (χ0v) is 16.7. The minimum atomic E-state index is 0.0859. The molecule has 3 saturated carbocycles. The first-order valence-electron chi connectivity index (χ1n) is 9.97. The Kier molecular flexibility index (Phi) is 3.58. The molecule has 2 bridgehead atoms. The summed E-state index contributed by atoms with van der Waals surface area (Å²) >= 11 is 1.66. The van der Waals surface area contributed by atoms with Gasteiger partial charge in [-0.1, -0.05) is 39.0 Å². The zero-order valence-electron chi connectivity index (χ0n) is 15.9. The Morgan fingerprint density at radius 1 is 1.23 bits per heavy atom. The van der Waals surface area contributed by atoms with Crippen molar-refractivity contribution >= 4 is 27.3 Å². The molecule has 1 saturated heterocycles. The normalized spacial score (nSPS) is 33.0. The van der Waals surface area contributed by atoms with E-state index >= 15 is 0 Å². The summed E-state index contributed by atoms with van der Waals surface area (Å²) in [5, 5.41) is 8.27. The fraction of sp³-hybridized carbons (Fsp3) is 0.591. The fourth-order valence-corrected chi connectivity index (χ4v) is 6.76. The predicted molar refractivity (Wildman–Crippen MR) is 108 cm³/mol. The van der Waals surface area contributed by atoms with Gasteiger partial charge in [-0.3, -0.25) is 4.79 Å². The highest BCUT2D eigenvalue weighted by atomic mass is 32.1. The number of carbonyl (C=O) groups excluding carboxylic acids is 1. The Morgan fingerprint density at radius 2 is 1.96 bits per heavy atom. The SMILES string of the molecule is CC(C)(C)c1cccc2cc(C(=O)N[C@@H]3C4CCC(CC4)[C@@]34CN4)sc12. The fourth-order valence-electron chi connectivity index (χ4n) is 5.48. The molecule has 0 radical (unpaired) electrons. The van der Waals surface area contributed by atoms with Crippen molar-refractivity contribution in [2.75, 3.05) is 6.54 Å². The van der Waals surface area contributed by atoms with Gasteiger partial charge in [0.05, 0.1) is 16.5 Å². The maximum absolute atomic E-state index is 13.1. The molecule has 4 aliphatic rings. The van der Waals surface area contributed by atoms with Crippen LogP contribution in [0.1, 0.15) is 61.7 Å². The molecule has 0 unspecified atom stereocenters. The molecule has 1 amide bonds. The Labute approximate surface area is 159 Å². The van der Waals surface area contributed by atoms with Gasteiger partial charge in [-0.15, -0.1) is 11.3 Å². The van der Waals surface area contributed by atoms with E-state index in [9.17, 15) is 4.79 Å². The maximum Gasteiger partial charge on any atom is 0.261 e. The highest BCUT2D eigenvalue weighted by Crippen LogP contribution is 2.51. The summed E-state index contributed by atoms with van der Waals surface area (Å²) in [6, 6.07) is 8.84. The third kappa shape index (κ3) is 2.45. The molecule has 4 fully saturated rings. The van der Waals surface area contributed by atoms with E-state index in [-0.39, 0.29) is 16.9 Å². The number of carbonyl (C=O) groups is 1. The number of benzene rings is 1. The van der Waals surface area contributed by atoms with Crippen molar-refractivity contribution in [3.63, 3.8) is 0 Å². The second kappa shape index (κ2) is 5.56. The van der Waals surface area contributed by atoms with Crippen molar-refractivity contribution < 1.29 is 4.79 Å². The summed E-state index contributed by atoms with van der Waals surface area (Å²) in [5.74, 6) is 1.53. The molecule has 2 heterocycles. The summed E-state index contributed by atoms with van der Waals surface area (Å²) in [5.41, 5.74) is 1.63. The molecule has 1 aromatic heterocycles. The number of thiophene rings is 1. The van der Waals surface area contributed by atoms with Crippen LogP contribution in [0.4, 0.5) is 0 Å². The Morgan fingerprint density at radius 3 is 2.62 bits per heavy atom. The molecule has 138 valence electrons. The highest BCUT2D eigenvalue weighted by Gasteiger charge is 2.61. The van der Waals surface area contributed by atoms with E-state index in [1.165, 1.54) is 41.3 Å². The van der Waals surface area contributed by atoms with Gasteiger partial charge in [-0.2, -0.15) is 0 Å². The minimum absolute atomic E-state index is 0.0859. The Bertz CT molecular complexity index is 866. The molecule has 1 spiro atoms. The van der Waals surface area contributed by atoms with Crippen molar-refractivity contribution in [3.05, 3.63) is 34.7 Å². The summed E-state index contributed by atoms with van der Waals surface area (Å²) in [7, 11) is 0. The van der Waals surface area contributed by atoms with E-state index in [0.717, 1.165) is 17.3 Å². The van der Waals surface area contributed by atoms with E-state index in [1.807, 2.05) is 0 Å². The molecule has 1 aromatic carbocycles. The topological polar surface area (TPSA) is 51.0 Å². The molecule has 2 aromatic rings. The van der Waals surface area contributed by atoms with Crippen LogP contribution in [-0.4, -0.2) is 24.0 Å². The van der Waals surface area contributed by atoms with Crippen molar-refractivity contribution in [2.24, 2.45) is 11.8 Å². The number of nitrogens with one attached hydrogen (secondary N) is 2. The van der Waals surface area contributed by atoms with E-state index in [2.05, 4.69) is 55.7 Å². The summed E-state index contributed by atoms with van der Waals surface area (Å²) in [6.07, 6.45) is 5.23. The highest BCUT2D eigenvalue weighted by molar-refractivity contribution is 7.21. The molecule has 6 rings (SSSR count). The number of amides is 1. The molecule has 26 heavy (non-hydrogen) atoms. The van der Waals surface area contributed by atoms with Crippen molar-refractivity contribution in [3.8, 4) is 0 Å². The van der Waals surface area contributed by atoms with Crippen molar-refractivity contribution in [2.45, 2.75) is 63.5 Å². The van der Waals surface area contributed by atoms with E-state index < -0.39 is 0 Å². The Hall–Kier alpha value is -1.39. The van der Waals surface area contributed by atoms with Crippen LogP contribution >= 0.6 is 11.3 Å². The number of fused-ring (bicyclic) bond motifs is 3. The van der Waals surface area contributed by atoms with Gasteiger partial charge in [-0.25, -0.2) is 0 Å². The standard InChI is InChI=1S/C22H28N2OS/c1-21(2,3)16-6-4-5-14-11-17(26-18(14)16)20(25)24-19-13-7-9-15(10-8-13)22(19)12-23-22/h4-6,11,13,15,19,23H,7-10,12H2,1-3H3,(H,24,25)/t13?,15?,19-,22+/m1/s1. The van der Waals surface area contributed by atoms with Gasteiger partial charge in [-0.05, 0) is 60.0 Å². The molecule has 3 nitrogen and oxygen atoms in total. The van der Waals surface area contributed by atoms with Gasteiger partial charge in [0.15, 0.2) is 0 Å². The lowest BCUT2D eigenvalue weighted by Gasteiger charge is -2.48. The number of rotatable bonds is 2. The Balaban J connectivity index is 1.44. The van der Waals surface area contributed by atoms with Gasteiger partial charge in [0.25, 0.3) is 5.91 Å². The van der Waals surface area contributed by atoms with E-state index in [0.29, 0.717) is 12.0 Å². The van der Waals surface area contributed by atoms with Gasteiger partial charge in [0.1, 0.15) is 0 Å². The molecule has 3 aliphatic carbocycles. The first kappa shape index (κ1) is 16.8. The summed E-state index contributed by atoms with van der Waals surface area (Å²) in [4.78, 5) is 14.0. The average molecular weight is 369 g/mol. The van der Waals surface area contributed by atoms with Crippen molar-refractivity contribution in [1.82, 2.24) is 10.6 Å². The smallest absolute Gasteiger partial charge is 0.261 e. The zero-order chi connectivity index (χ0) is 18.1. The van der Waals surface area contributed by atoms with Crippen LogP contribution in [0, 0.1) is 11.8 Å². The lowest BCUT2D eigenvalue weighted by molar-refractivity contribution is 0.0637. The van der Waals surface area contributed by atoms with E-state index in [1.54, 1.807) is 11.3 Å². The van der Waals surface area contributed by atoms with Gasteiger partial charge in [0, 0.05) is 11.2 Å². The average Bonchev–Trinajstić information content (AvgIpc) is 3.26. The third-order valence-corrected chi connectivity index (χ3v) is 8.16. The first-order chi connectivity index (χ1) is 12.4. The maximum atomic E-state index is 13.1. The third-order valence-electron chi connectivity index (χ3n) is 6.97. The van der Waals surface area contributed by atoms with Crippen LogP contribution in [-0.2, 0) is 5.41 Å². The number of hydrogen-bond acceptors (Lipinski definition) is 3. The van der Waals surface area contributed by atoms with Crippen molar-refractivity contribution in [1.29, 1.82) is 0 Å². The lowest BCUT2D eigenvalue weighted by Crippen LogP contribution is -2.60. The molecular formula is C22H28N2OS. The van der Waals surface area contributed by atoms with Crippen LogP contribution in [0.2, 0.25) is 0 Å². The van der Waals surface area contributed by atoms with E-state index in [4.69, 9.17) is 0 Å². The second-order valence-electron chi connectivity index (χ2n) is 9.54. The van der Waals surface area contributed by atoms with Crippen LogP contribution in [0.5, 0.6) is 0 Å². The summed E-state index contributed by atoms with van der Waals surface area (Å²) < 4.78 is 1.26. The molecule has 2 N–H and O–H groups in total.